The zero-order valence-corrected chi connectivity index (χ0v) is 13.3. The molecule has 2 atom stereocenters. The number of aromatic nitrogens is 1. The molecule has 1 aromatic heterocycles. The minimum atomic E-state index is 0.232. The number of hydrogen-bond acceptors (Lipinski definition) is 3. The average molecular weight is 276 g/mol. The number of pyridine rings is 1. The molecule has 2 unspecified atom stereocenters. The molecule has 0 radical (unpaired) electrons. The first-order valence-corrected chi connectivity index (χ1v) is 7.70. The number of aryl methyl sites for hydroxylation is 1. The van der Waals surface area contributed by atoms with Gasteiger partial charge >= 0.3 is 0 Å². The van der Waals surface area contributed by atoms with Crippen molar-refractivity contribution in [3.8, 4) is 5.75 Å². The molecule has 0 spiro atoms. The van der Waals surface area contributed by atoms with Gasteiger partial charge in [0, 0.05) is 23.0 Å². The van der Waals surface area contributed by atoms with E-state index in [1.807, 2.05) is 13.1 Å². The van der Waals surface area contributed by atoms with E-state index in [-0.39, 0.29) is 5.41 Å². The quantitative estimate of drug-likeness (QED) is 0.917. The van der Waals surface area contributed by atoms with E-state index in [1.165, 1.54) is 31.2 Å². The lowest BCUT2D eigenvalue weighted by Gasteiger charge is -2.39. The van der Waals surface area contributed by atoms with Crippen LogP contribution in [0.2, 0.25) is 0 Å². The first-order valence-electron chi connectivity index (χ1n) is 7.70. The highest BCUT2D eigenvalue weighted by molar-refractivity contribution is 5.41. The number of nitrogens with two attached hydrogens (primary N) is 1. The van der Waals surface area contributed by atoms with Gasteiger partial charge in [0.25, 0.3) is 0 Å². The fourth-order valence-electron chi connectivity index (χ4n) is 3.79. The van der Waals surface area contributed by atoms with Crippen LogP contribution < -0.4 is 10.5 Å². The van der Waals surface area contributed by atoms with Crippen LogP contribution in [0, 0.1) is 25.2 Å². The third kappa shape index (κ3) is 2.98. The SMILES string of the molecule is COc1c(C)cnc(CC2(CN)CCCC(C)C2)c1C. The molecule has 2 N–H and O–H groups in total. The Morgan fingerprint density at radius 1 is 1.45 bits per heavy atom. The average Bonchev–Trinajstić information content (AvgIpc) is 2.43. The van der Waals surface area contributed by atoms with Gasteiger partial charge < -0.3 is 10.5 Å². The molecule has 3 heteroatoms. The van der Waals surface area contributed by atoms with E-state index in [4.69, 9.17) is 10.5 Å². The van der Waals surface area contributed by atoms with Crippen molar-refractivity contribution in [2.24, 2.45) is 17.1 Å². The van der Waals surface area contributed by atoms with Gasteiger partial charge in [-0.1, -0.05) is 19.8 Å². The number of rotatable bonds is 4. The molecule has 20 heavy (non-hydrogen) atoms. The Kier molecular flexibility index (Phi) is 4.69. The van der Waals surface area contributed by atoms with E-state index in [0.29, 0.717) is 0 Å². The molecule has 1 aliphatic rings. The third-order valence-electron chi connectivity index (χ3n) is 4.91. The van der Waals surface area contributed by atoms with Gasteiger partial charge in [-0.3, -0.25) is 4.98 Å². The van der Waals surface area contributed by atoms with Gasteiger partial charge in [-0.05, 0) is 51.0 Å². The lowest BCUT2D eigenvalue weighted by molar-refractivity contribution is 0.152. The molecule has 1 saturated carbocycles. The Labute approximate surface area is 122 Å². The maximum Gasteiger partial charge on any atom is 0.128 e. The Hall–Kier alpha value is -1.09. The highest BCUT2D eigenvalue weighted by Gasteiger charge is 2.34. The number of ether oxygens (including phenoxy) is 1. The van der Waals surface area contributed by atoms with Crippen molar-refractivity contribution in [1.82, 2.24) is 4.98 Å². The largest absolute Gasteiger partial charge is 0.496 e. The van der Waals surface area contributed by atoms with Crippen LogP contribution in [-0.2, 0) is 6.42 Å². The normalized spacial score (nSPS) is 26.6. The smallest absolute Gasteiger partial charge is 0.128 e. The number of methoxy groups -OCH3 is 1. The first-order chi connectivity index (χ1) is 9.51. The molecule has 0 saturated heterocycles. The Morgan fingerprint density at radius 2 is 2.20 bits per heavy atom. The van der Waals surface area contributed by atoms with Gasteiger partial charge in [-0.25, -0.2) is 0 Å². The summed E-state index contributed by atoms with van der Waals surface area (Å²) in [5, 5.41) is 0. The second-order valence-corrected chi connectivity index (χ2v) is 6.63. The van der Waals surface area contributed by atoms with Crippen molar-refractivity contribution < 1.29 is 4.74 Å². The van der Waals surface area contributed by atoms with Crippen molar-refractivity contribution in [3.05, 3.63) is 23.0 Å². The minimum absolute atomic E-state index is 0.232. The summed E-state index contributed by atoms with van der Waals surface area (Å²) < 4.78 is 5.52. The lowest BCUT2D eigenvalue weighted by Crippen LogP contribution is -2.37. The molecule has 1 heterocycles. The van der Waals surface area contributed by atoms with Crippen LogP contribution in [0.15, 0.2) is 6.20 Å². The molecule has 1 fully saturated rings. The van der Waals surface area contributed by atoms with Crippen molar-refractivity contribution in [3.63, 3.8) is 0 Å². The van der Waals surface area contributed by atoms with E-state index in [0.717, 1.165) is 35.9 Å². The topological polar surface area (TPSA) is 48.1 Å². The molecule has 0 aromatic carbocycles. The monoisotopic (exact) mass is 276 g/mol. The summed E-state index contributed by atoms with van der Waals surface area (Å²) in [4.78, 5) is 4.66. The molecule has 112 valence electrons. The van der Waals surface area contributed by atoms with Crippen molar-refractivity contribution in [2.45, 2.75) is 52.9 Å². The molecule has 3 nitrogen and oxygen atoms in total. The number of nitrogens with zero attached hydrogens (tertiary/aromatic N) is 1. The fourth-order valence-corrected chi connectivity index (χ4v) is 3.79. The van der Waals surface area contributed by atoms with Crippen LogP contribution in [0.1, 0.15) is 49.4 Å². The molecule has 0 aliphatic heterocycles. The zero-order valence-electron chi connectivity index (χ0n) is 13.3. The van der Waals surface area contributed by atoms with Crippen LogP contribution in [0.25, 0.3) is 0 Å². The number of hydrogen-bond donors (Lipinski definition) is 1. The van der Waals surface area contributed by atoms with Gasteiger partial charge in [0.15, 0.2) is 0 Å². The molecule has 1 aliphatic carbocycles. The van der Waals surface area contributed by atoms with Gasteiger partial charge in [-0.2, -0.15) is 0 Å². The van der Waals surface area contributed by atoms with Crippen LogP contribution in [-0.4, -0.2) is 18.6 Å². The van der Waals surface area contributed by atoms with Gasteiger partial charge in [-0.15, -0.1) is 0 Å². The summed E-state index contributed by atoms with van der Waals surface area (Å²) in [5.74, 6) is 1.76. The van der Waals surface area contributed by atoms with Crippen LogP contribution in [0.5, 0.6) is 5.75 Å². The Bertz CT molecular complexity index is 472. The van der Waals surface area contributed by atoms with E-state index in [2.05, 4.69) is 18.8 Å². The van der Waals surface area contributed by atoms with E-state index in [9.17, 15) is 0 Å². The first kappa shape index (κ1) is 15.3. The fraction of sp³-hybridized carbons (Fsp3) is 0.706. The standard InChI is InChI=1S/C17H28N2O/c1-12-6-5-7-17(8-12,11-18)9-15-14(3)16(20-4)13(2)10-19-15/h10,12H,5-9,11,18H2,1-4H3. The summed E-state index contributed by atoms with van der Waals surface area (Å²) in [6.45, 7) is 7.27. The predicted octanol–water partition coefficient (Wildman–Crippen LogP) is 3.40. The molecule has 1 aromatic rings. The third-order valence-corrected chi connectivity index (χ3v) is 4.91. The lowest BCUT2D eigenvalue weighted by atomic mass is 9.67. The molecule has 2 rings (SSSR count). The summed E-state index contributed by atoms with van der Waals surface area (Å²) in [5.41, 5.74) is 9.81. The van der Waals surface area contributed by atoms with Gasteiger partial charge in [0.2, 0.25) is 0 Å². The maximum atomic E-state index is 6.14. The van der Waals surface area contributed by atoms with Gasteiger partial charge in [0.05, 0.1) is 7.11 Å². The second kappa shape index (κ2) is 6.13. The van der Waals surface area contributed by atoms with Crippen LogP contribution in [0.3, 0.4) is 0 Å². The van der Waals surface area contributed by atoms with E-state index in [1.54, 1.807) is 7.11 Å². The maximum absolute atomic E-state index is 6.14. The predicted molar refractivity (Wildman–Crippen MR) is 83.1 cm³/mol. The summed E-state index contributed by atoms with van der Waals surface area (Å²) in [6, 6.07) is 0. The minimum Gasteiger partial charge on any atom is -0.496 e. The van der Waals surface area contributed by atoms with Crippen molar-refractivity contribution >= 4 is 0 Å². The zero-order chi connectivity index (χ0) is 14.8. The molecule has 0 bridgehead atoms. The molecule has 0 amide bonds. The Morgan fingerprint density at radius 3 is 2.80 bits per heavy atom. The molecular formula is C17H28N2O. The van der Waals surface area contributed by atoms with Crippen molar-refractivity contribution in [2.75, 3.05) is 13.7 Å². The summed E-state index contributed by atoms with van der Waals surface area (Å²) >= 11 is 0. The highest BCUT2D eigenvalue weighted by atomic mass is 16.5. The van der Waals surface area contributed by atoms with Crippen LogP contribution in [0.4, 0.5) is 0 Å². The van der Waals surface area contributed by atoms with Crippen LogP contribution >= 0.6 is 0 Å². The summed E-state index contributed by atoms with van der Waals surface area (Å²) in [7, 11) is 1.74. The summed E-state index contributed by atoms with van der Waals surface area (Å²) in [6.07, 6.45) is 7.99. The van der Waals surface area contributed by atoms with E-state index < -0.39 is 0 Å². The van der Waals surface area contributed by atoms with Gasteiger partial charge in [0.1, 0.15) is 5.75 Å². The second-order valence-electron chi connectivity index (χ2n) is 6.63. The Balaban J connectivity index is 2.28. The van der Waals surface area contributed by atoms with E-state index >= 15 is 0 Å². The molecular weight excluding hydrogens is 248 g/mol. The van der Waals surface area contributed by atoms with Crippen molar-refractivity contribution in [1.29, 1.82) is 0 Å². The highest BCUT2D eigenvalue weighted by Crippen LogP contribution is 2.42.